The molecule has 1 saturated carbocycles. The zero-order valence-corrected chi connectivity index (χ0v) is 17.1. The van der Waals surface area contributed by atoms with Crippen molar-refractivity contribution in [1.29, 1.82) is 0 Å². The van der Waals surface area contributed by atoms with Gasteiger partial charge in [0.1, 0.15) is 17.4 Å². The molecule has 4 rings (SSSR count). The maximum Gasteiger partial charge on any atom is 0.347 e. The normalized spacial score (nSPS) is 15.9. The maximum absolute atomic E-state index is 12.4. The van der Waals surface area contributed by atoms with E-state index in [1.807, 2.05) is 18.2 Å². The van der Waals surface area contributed by atoms with Gasteiger partial charge in [0.25, 0.3) is 5.56 Å². The molecule has 1 aliphatic carbocycles. The van der Waals surface area contributed by atoms with E-state index in [2.05, 4.69) is 10.1 Å². The van der Waals surface area contributed by atoms with Crippen LogP contribution in [0.2, 0.25) is 0 Å². The molecule has 29 heavy (non-hydrogen) atoms. The zero-order chi connectivity index (χ0) is 20.2. The molecule has 0 spiro atoms. The molecule has 0 unspecified atom stereocenters. The summed E-state index contributed by atoms with van der Waals surface area (Å²) in [4.78, 5) is 29.6. The van der Waals surface area contributed by atoms with Gasteiger partial charge in [-0.3, -0.25) is 4.79 Å². The minimum absolute atomic E-state index is 0.0796. The zero-order valence-electron chi connectivity index (χ0n) is 16.2. The smallest absolute Gasteiger partial charge is 0.347 e. The van der Waals surface area contributed by atoms with Gasteiger partial charge in [-0.1, -0.05) is 48.8 Å². The lowest BCUT2D eigenvalue weighted by Crippen LogP contribution is -2.26. The van der Waals surface area contributed by atoms with E-state index in [1.165, 1.54) is 41.2 Å². The first-order valence-electron chi connectivity index (χ1n) is 9.88. The summed E-state index contributed by atoms with van der Waals surface area (Å²) in [6, 6.07) is 10.4. The molecule has 8 heteroatoms. The van der Waals surface area contributed by atoms with Gasteiger partial charge in [0.05, 0.1) is 5.69 Å². The highest BCUT2D eigenvalue weighted by Crippen LogP contribution is 2.34. The Hall–Kier alpha value is -2.74. The van der Waals surface area contributed by atoms with Gasteiger partial charge >= 0.3 is 5.97 Å². The lowest BCUT2D eigenvalue weighted by atomic mass is 9.90. The molecule has 0 N–H and O–H groups in total. The largest absolute Gasteiger partial charge is 0.479 e. The Morgan fingerprint density at radius 1 is 1.24 bits per heavy atom. The van der Waals surface area contributed by atoms with Gasteiger partial charge in [0, 0.05) is 12.0 Å². The van der Waals surface area contributed by atoms with Crippen LogP contribution in [-0.4, -0.2) is 26.7 Å². The predicted octanol–water partition coefficient (Wildman–Crippen LogP) is 3.71. The highest BCUT2D eigenvalue weighted by atomic mass is 32.1. The van der Waals surface area contributed by atoms with Crippen LogP contribution in [0, 0.1) is 0 Å². The van der Waals surface area contributed by atoms with Crippen LogP contribution in [0.3, 0.4) is 0 Å². The summed E-state index contributed by atoms with van der Waals surface area (Å²) in [6.07, 6.45) is 5.13. The molecular formula is C21H23N3O4S. The molecule has 3 aromatic rings. The Balaban J connectivity index is 1.42. The van der Waals surface area contributed by atoms with Gasteiger partial charge in [-0.2, -0.15) is 9.61 Å². The lowest BCUT2D eigenvalue weighted by molar-refractivity contribution is -0.152. The molecular weight excluding hydrogens is 390 g/mol. The number of fused-ring (bicyclic) bond motifs is 1. The quantitative estimate of drug-likeness (QED) is 0.573. The third kappa shape index (κ3) is 4.64. The van der Waals surface area contributed by atoms with Crippen molar-refractivity contribution >= 4 is 22.3 Å². The standard InChI is InChI=1S/C21H23N3O4S/c1-14(28-17-10-6-3-7-11-17)20(26)27-13-16-12-18(25)24-21(22-16)29-19(23-24)15-8-4-2-5-9-15/h3,6-7,10-12,14-15H,2,4-5,8-9,13H2,1H3/t14-/m1/s1. The van der Waals surface area contributed by atoms with Crippen molar-refractivity contribution in [3.05, 3.63) is 57.5 Å². The summed E-state index contributed by atoms with van der Waals surface area (Å²) in [5.74, 6) is 0.491. The van der Waals surface area contributed by atoms with Crippen LogP contribution < -0.4 is 10.3 Å². The third-order valence-electron chi connectivity index (χ3n) is 5.02. The molecule has 2 aromatic heterocycles. The summed E-state index contributed by atoms with van der Waals surface area (Å²) < 4.78 is 12.2. The fourth-order valence-electron chi connectivity index (χ4n) is 3.47. The van der Waals surface area contributed by atoms with Crippen molar-refractivity contribution in [3.63, 3.8) is 0 Å². The fraction of sp³-hybridized carbons (Fsp3) is 0.429. The van der Waals surface area contributed by atoms with Crippen molar-refractivity contribution in [2.75, 3.05) is 0 Å². The molecule has 1 fully saturated rings. The first kappa shape index (κ1) is 19.6. The molecule has 7 nitrogen and oxygen atoms in total. The van der Waals surface area contributed by atoms with Gasteiger partial charge in [0.15, 0.2) is 6.10 Å². The van der Waals surface area contributed by atoms with Crippen LogP contribution in [0.1, 0.15) is 55.6 Å². The predicted molar refractivity (Wildman–Crippen MR) is 109 cm³/mol. The molecule has 0 radical (unpaired) electrons. The van der Waals surface area contributed by atoms with Crippen molar-refractivity contribution in [2.45, 2.75) is 57.7 Å². The molecule has 0 amide bonds. The van der Waals surface area contributed by atoms with E-state index >= 15 is 0 Å². The van der Waals surface area contributed by atoms with Crippen molar-refractivity contribution in [2.24, 2.45) is 0 Å². The summed E-state index contributed by atoms with van der Waals surface area (Å²) in [5, 5.41) is 5.45. The summed E-state index contributed by atoms with van der Waals surface area (Å²) in [5.41, 5.74) is 0.155. The number of aromatic nitrogens is 3. The van der Waals surface area contributed by atoms with E-state index in [0.717, 1.165) is 17.8 Å². The second kappa shape index (κ2) is 8.73. The number of para-hydroxylation sites is 1. The summed E-state index contributed by atoms with van der Waals surface area (Å²) in [7, 11) is 0. The van der Waals surface area contributed by atoms with Crippen LogP contribution in [0.4, 0.5) is 0 Å². The first-order chi connectivity index (χ1) is 14.1. The Kier molecular flexibility index (Phi) is 5.89. The molecule has 2 heterocycles. The minimum Gasteiger partial charge on any atom is -0.479 e. The Bertz CT molecular complexity index is 1040. The van der Waals surface area contributed by atoms with Crippen molar-refractivity contribution in [1.82, 2.24) is 14.6 Å². The molecule has 0 saturated heterocycles. The second-order valence-electron chi connectivity index (χ2n) is 7.24. The molecule has 0 bridgehead atoms. The molecule has 0 aliphatic heterocycles. The SMILES string of the molecule is C[C@@H](Oc1ccccc1)C(=O)OCc1cc(=O)n2nc(C3CCCCC3)sc2n1. The lowest BCUT2D eigenvalue weighted by Gasteiger charge is -2.18. The van der Waals surface area contributed by atoms with E-state index in [0.29, 0.717) is 22.3 Å². The molecule has 1 atom stereocenters. The number of nitrogens with zero attached hydrogens (tertiary/aromatic N) is 3. The summed E-state index contributed by atoms with van der Waals surface area (Å²) in [6.45, 7) is 1.55. The first-order valence-corrected chi connectivity index (χ1v) is 10.7. The van der Waals surface area contributed by atoms with E-state index in [9.17, 15) is 9.59 Å². The van der Waals surface area contributed by atoms with Gasteiger partial charge in [-0.25, -0.2) is 9.78 Å². The number of hydrogen-bond donors (Lipinski definition) is 0. The maximum atomic E-state index is 12.4. The monoisotopic (exact) mass is 413 g/mol. The number of carbonyl (C=O) groups is 1. The number of esters is 1. The second-order valence-corrected chi connectivity index (χ2v) is 8.22. The average Bonchev–Trinajstić information content (AvgIpc) is 3.18. The molecule has 152 valence electrons. The van der Waals surface area contributed by atoms with Crippen LogP contribution in [-0.2, 0) is 16.1 Å². The van der Waals surface area contributed by atoms with Crippen molar-refractivity contribution in [3.8, 4) is 5.75 Å². The molecule has 1 aromatic carbocycles. The van der Waals surface area contributed by atoms with E-state index in [4.69, 9.17) is 9.47 Å². The van der Waals surface area contributed by atoms with E-state index in [-0.39, 0.29) is 12.2 Å². The number of ether oxygens (including phenoxy) is 2. The highest BCUT2D eigenvalue weighted by Gasteiger charge is 2.21. The Morgan fingerprint density at radius 3 is 2.76 bits per heavy atom. The van der Waals surface area contributed by atoms with E-state index < -0.39 is 12.1 Å². The van der Waals surface area contributed by atoms with Crippen LogP contribution >= 0.6 is 11.3 Å². The van der Waals surface area contributed by atoms with Gasteiger partial charge in [-0.05, 0) is 31.9 Å². The van der Waals surface area contributed by atoms with Crippen molar-refractivity contribution < 1.29 is 14.3 Å². The highest BCUT2D eigenvalue weighted by molar-refractivity contribution is 7.16. The molecule has 1 aliphatic rings. The average molecular weight is 413 g/mol. The summed E-state index contributed by atoms with van der Waals surface area (Å²) >= 11 is 1.45. The van der Waals surface area contributed by atoms with Gasteiger partial charge < -0.3 is 9.47 Å². The fourth-order valence-corrected chi connectivity index (χ4v) is 4.57. The van der Waals surface area contributed by atoms with Crippen LogP contribution in [0.5, 0.6) is 5.75 Å². The number of carbonyl (C=O) groups excluding carboxylic acids is 1. The minimum atomic E-state index is -0.761. The topological polar surface area (TPSA) is 82.8 Å². The third-order valence-corrected chi connectivity index (χ3v) is 6.09. The number of benzene rings is 1. The van der Waals surface area contributed by atoms with Gasteiger partial charge in [-0.15, -0.1) is 0 Å². The van der Waals surface area contributed by atoms with Gasteiger partial charge in [0.2, 0.25) is 4.96 Å². The number of hydrogen-bond acceptors (Lipinski definition) is 7. The van der Waals surface area contributed by atoms with Crippen LogP contribution in [0.25, 0.3) is 4.96 Å². The van der Waals surface area contributed by atoms with E-state index in [1.54, 1.807) is 19.1 Å². The Morgan fingerprint density at radius 2 is 2.00 bits per heavy atom. The van der Waals surface area contributed by atoms with Crippen LogP contribution in [0.15, 0.2) is 41.2 Å². The Labute approximate surface area is 172 Å². The number of rotatable bonds is 6.